The molecule has 1 aromatic rings. The molecule has 0 aliphatic carbocycles. The number of nitrogens with zero attached hydrogens (tertiary/aromatic N) is 1. The number of hydrogen-bond donors (Lipinski definition) is 2. The lowest BCUT2D eigenvalue weighted by Gasteiger charge is -2.14. The fourth-order valence-electron chi connectivity index (χ4n) is 1.35. The molecule has 1 atom stereocenters. The first-order chi connectivity index (χ1) is 8.54. The van der Waals surface area contributed by atoms with Crippen LogP contribution in [0.1, 0.15) is 6.92 Å². The van der Waals surface area contributed by atoms with Crippen LogP contribution in [0.25, 0.3) is 0 Å². The van der Waals surface area contributed by atoms with Crippen molar-refractivity contribution in [2.75, 3.05) is 13.2 Å². The number of carbonyl (C=O) groups excluding carboxylic acids is 1. The van der Waals surface area contributed by atoms with Crippen LogP contribution in [0.2, 0.25) is 0 Å². The summed E-state index contributed by atoms with van der Waals surface area (Å²) in [6.45, 7) is 2.44. The van der Waals surface area contributed by atoms with Crippen LogP contribution in [-0.4, -0.2) is 30.0 Å². The van der Waals surface area contributed by atoms with E-state index >= 15 is 0 Å². The van der Waals surface area contributed by atoms with Gasteiger partial charge in [-0.25, -0.2) is 0 Å². The summed E-state index contributed by atoms with van der Waals surface area (Å²) in [7, 11) is 0. The Kier molecular flexibility index (Phi) is 5.06. The molecule has 98 valence electrons. The summed E-state index contributed by atoms with van der Waals surface area (Å²) in [5.74, 6) is -0.198. The molecule has 1 amide bonds. The van der Waals surface area contributed by atoms with Crippen LogP contribution in [0, 0.1) is 10.1 Å². The Labute approximate surface area is 104 Å². The summed E-state index contributed by atoms with van der Waals surface area (Å²) in [6, 6.07) is 5.14. The van der Waals surface area contributed by atoms with Crippen molar-refractivity contribution in [2.45, 2.75) is 13.0 Å². The van der Waals surface area contributed by atoms with E-state index in [1.807, 2.05) is 6.92 Å². The number of primary amides is 1. The summed E-state index contributed by atoms with van der Waals surface area (Å²) >= 11 is 0. The molecule has 0 heterocycles. The maximum atomic E-state index is 11.1. The average molecular weight is 253 g/mol. The highest BCUT2D eigenvalue weighted by molar-refractivity contribution is 5.80. The number of amides is 1. The van der Waals surface area contributed by atoms with Crippen LogP contribution >= 0.6 is 0 Å². The zero-order chi connectivity index (χ0) is 13.5. The third kappa shape index (κ3) is 4.02. The van der Waals surface area contributed by atoms with E-state index in [2.05, 4.69) is 5.32 Å². The maximum absolute atomic E-state index is 11.1. The molecule has 0 bridgehead atoms. The van der Waals surface area contributed by atoms with Crippen molar-refractivity contribution in [2.24, 2.45) is 5.73 Å². The second-order valence-corrected chi connectivity index (χ2v) is 3.58. The molecule has 0 spiro atoms. The van der Waals surface area contributed by atoms with Crippen molar-refractivity contribution < 1.29 is 14.5 Å². The molecule has 3 N–H and O–H groups in total. The Hall–Kier alpha value is -2.15. The lowest BCUT2D eigenvalue weighted by Crippen LogP contribution is -2.45. The molecular formula is C11H15N3O4. The molecule has 1 aromatic carbocycles. The number of hydrogen-bond acceptors (Lipinski definition) is 5. The van der Waals surface area contributed by atoms with E-state index in [1.54, 1.807) is 6.07 Å². The predicted octanol–water partition coefficient (Wildman–Crippen LogP) is 0.437. The van der Waals surface area contributed by atoms with Crippen LogP contribution in [0.15, 0.2) is 24.3 Å². The minimum Gasteiger partial charge on any atom is -0.491 e. The number of likely N-dealkylation sites (N-methyl/N-ethyl adjacent to an activating group) is 1. The SMILES string of the molecule is CCNC(COc1cccc([N+](=O)[O-])c1)C(N)=O. The Morgan fingerprint density at radius 2 is 2.33 bits per heavy atom. The number of rotatable bonds is 7. The number of nitrogens with one attached hydrogen (secondary N) is 1. The molecule has 7 nitrogen and oxygen atoms in total. The Morgan fingerprint density at radius 1 is 1.61 bits per heavy atom. The average Bonchev–Trinajstić information content (AvgIpc) is 2.34. The standard InChI is InChI=1S/C11H15N3O4/c1-2-13-10(11(12)15)7-18-9-5-3-4-8(6-9)14(16)17/h3-6,10,13H,2,7H2,1H3,(H2,12,15). The molecule has 1 unspecified atom stereocenters. The monoisotopic (exact) mass is 253 g/mol. The van der Waals surface area contributed by atoms with Gasteiger partial charge >= 0.3 is 0 Å². The molecule has 0 aromatic heterocycles. The topological polar surface area (TPSA) is 107 Å². The number of nitro groups is 1. The van der Waals surface area contributed by atoms with Crippen molar-refractivity contribution in [1.29, 1.82) is 0 Å². The van der Waals surface area contributed by atoms with Gasteiger partial charge in [0.25, 0.3) is 5.69 Å². The van der Waals surface area contributed by atoms with Crippen LogP contribution < -0.4 is 15.8 Å². The molecule has 0 radical (unpaired) electrons. The Balaban J connectivity index is 2.64. The fourth-order valence-corrected chi connectivity index (χ4v) is 1.35. The van der Waals surface area contributed by atoms with Gasteiger partial charge in [0.1, 0.15) is 18.4 Å². The van der Waals surface area contributed by atoms with Gasteiger partial charge in [-0.15, -0.1) is 0 Å². The third-order valence-corrected chi connectivity index (χ3v) is 2.24. The van der Waals surface area contributed by atoms with Crippen molar-refractivity contribution in [1.82, 2.24) is 5.32 Å². The van der Waals surface area contributed by atoms with E-state index in [1.165, 1.54) is 18.2 Å². The molecule has 0 aliphatic rings. The Bertz CT molecular complexity index is 436. The number of benzene rings is 1. The van der Waals surface area contributed by atoms with Gasteiger partial charge in [0.2, 0.25) is 5.91 Å². The first-order valence-corrected chi connectivity index (χ1v) is 5.44. The molecule has 7 heteroatoms. The van der Waals surface area contributed by atoms with E-state index in [0.29, 0.717) is 12.3 Å². The van der Waals surface area contributed by atoms with Gasteiger partial charge in [-0.05, 0) is 12.6 Å². The van der Waals surface area contributed by atoms with Crippen LogP contribution in [-0.2, 0) is 4.79 Å². The van der Waals surface area contributed by atoms with Gasteiger partial charge in [0.05, 0.1) is 11.0 Å². The van der Waals surface area contributed by atoms with Gasteiger partial charge in [0, 0.05) is 6.07 Å². The van der Waals surface area contributed by atoms with Crippen LogP contribution in [0.4, 0.5) is 5.69 Å². The first-order valence-electron chi connectivity index (χ1n) is 5.44. The maximum Gasteiger partial charge on any atom is 0.273 e. The Morgan fingerprint density at radius 3 is 2.89 bits per heavy atom. The minimum absolute atomic E-state index is 0.0321. The quantitative estimate of drug-likeness (QED) is 0.541. The summed E-state index contributed by atoms with van der Waals surface area (Å²) < 4.78 is 5.31. The van der Waals surface area contributed by atoms with Gasteiger partial charge in [0.15, 0.2) is 0 Å². The third-order valence-electron chi connectivity index (χ3n) is 2.24. The minimum atomic E-state index is -0.616. The number of ether oxygens (including phenoxy) is 1. The summed E-state index contributed by atoms with van der Waals surface area (Å²) in [6.07, 6.45) is 0. The van der Waals surface area contributed by atoms with Crippen LogP contribution in [0.5, 0.6) is 5.75 Å². The molecule has 0 aliphatic heterocycles. The number of nitrogens with two attached hydrogens (primary N) is 1. The summed E-state index contributed by atoms with van der Waals surface area (Å²) in [5.41, 5.74) is 5.11. The predicted molar refractivity (Wildman–Crippen MR) is 65.3 cm³/mol. The smallest absolute Gasteiger partial charge is 0.273 e. The molecule has 0 saturated heterocycles. The van der Waals surface area contributed by atoms with Crippen LogP contribution in [0.3, 0.4) is 0 Å². The molecule has 0 saturated carbocycles. The largest absolute Gasteiger partial charge is 0.491 e. The van der Waals surface area contributed by atoms with Gasteiger partial charge < -0.3 is 15.8 Å². The van der Waals surface area contributed by atoms with Gasteiger partial charge in [-0.2, -0.15) is 0 Å². The van der Waals surface area contributed by atoms with E-state index in [4.69, 9.17) is 10.5 Å². The van der Waals surface area contributed by atoms with Crippen molar-refractivity contribution in [3.63, 3.8) is 0 Å². The summed E-state index contributed by atoms with van der Waals surface area (Å²) in [4.78, 5) is 21.1. The molecule has 1 rings (SSSR count). The van der Waals surface area contributed by atoms with E-state index < -0.39 is 16.9 Å². The number of carbonyl (C=O) groups is 1. The molecule has 18 heavy (non-hydrogen) atoms. The molecular weight excluding hydrogens is 238 g/mol. The number of non-ortho nitro benzene ring substituents is 1. The van der Waals surface area contributed by atoms with E-state index in [-0.39, 0.29) is 12.3 Å². The summed E-state index contributed by atoms with van der Waals surface area (Å²) in [5, 5.41) is 13.4. The lowest BCUT2D eigenvalue weighted by molar-refractivity contribution is -0.384. The van der Waals surface area contributed by atoms with E-state index in [0.717, 1.165) is 0 Å². The lowest BCUT2D eigenvalue weighted by atomic mass is 10.3. The fraction of sp³-hybridized carbons (Fsp3) is 0.364. The zero-order valence-corrected chi connectivity index (χ0v) is 9.96. The normalized spacial score (nSPS) is 11.8. The highest BCUT2D eigenvalue weighted by atomic mass is 16.6. The van der Waals surface area contributed by atoms with E-state index in [9.17, 15) is 14.9 Å². The van der Waals surface area contributed by atoms with Crippen molar-refractivity contribution in [3.05, 3.63) is 34.4 Å². The highest BCUT2D eigenvalue weighted by Crippen LogP contribution is 2.19. The van der Waals surface area contributed by atoms with Crippen molar-refractivity contribution >= 4 is 11.6 Å². The van der Waals surface area contributed by atoms with Gasteiger partial charge in [-0.1, -0.05) is 13.0 Å². The second kappa shape index (κ2) is 6.55. The number of nitro benzene ring substituents is 1. The second-order valence-electron chi connectivity index (χ2n) is 3.58. The highest BCUT2D eigenvalue weighted by Gasteiger charge is 2.15. The first kappa shape index (κ1) is 13.9. The zero-order valence-electron chi connectivity index (χ0n) is 9.96. The molecule has 0 fully saturated rings. The van der Waals surface area contributed by atoms with Crippen molar-refractivity contribution in [3.8, 4) is 5.75 Å². The van der Waals surface area contributed by atoms with Gasteiger partial charge in [-0.3, -0.25) is 14.9 Å².